The van der Waals surface area contributed by atoms with Gasteiger partial charge >= 0.3 is 0 Å². The fraction of sp³-hybridized carbons (Fsp3) is 0.267. The Hall–Kier alpha value is -0.870. The highest BCUT2D eigenvalue weighted by molar-refractivity contribution is 9.13. The maximum absolute atomic E-state index is 11.6. The minimum Gasteiger partial charge on any atom is -0.366 e. The van der Waals surface area contributed by atoms with Crippen molar-refractivity contribution in [2.24, 2.45) is 11.7 Å². The van der Waals surface area contributed by atoms with Crippen LogP contribution in [0.1, 0.15) is 24.8 Å². The van der Waals surface area contributed by atoms with Gasteiger partial charge < -0.3 is 5.73 Å². The number of nitrogens with two attached hydrogens (primary N) is 1. The molecule has 0 aromatic heterocycles. The van der Waals surface area contributed by atoms with Crippen LogP contribution in [0.3, 0.4) is 0 Å². The van der Waals surface area contributed by atoms with Crippen LogP contribution in [-0.2, 0) is 4.79 Å². The van der Waals surface area contributed by atoms with Crippen molar-refractivity contribution in [3.05, 3.63) is 56.5 Å². The fourth-order valence-electron chi connectivity index (χ4n) is 2.40. The lowest BCUT2D eigenvalue weighted by Crippen LogP contribution is -2.17. The Kier molecular flexibility index (Phi) is 4.31. The molecule has 0 aliphatic heterocycles. The van der Waals surface area contributed by atoms with Gasteiger partial charge in [0.25, 0.3) is 0 Å². The molecule has 0 heterocycles. The molecule has 4 heteroatoms. The average Bonchev–Trinajstić information content (AvgIpc) is 3.12. The number of carbonyl (C=O) groups excluding carboxylic acids is 1. The summed E-state index contributed by atoms with van der Waals surface area (Å²) in [5.74, 6) is 0.270. The van der Waals surface area contributed by atoms with Crippen molar-refractivity contribution in [3.63, 3.8) is 0 Å². The standard InChI is InChI=1S/C15H15Br2NO/c1-3-8(2)14(15(18)19)11-7-10(11)9-4-5-12(16)13(17)6-9/h3-6,10-11H,1,7H2,2H3,(H2,18,19)/t10-,11+/m0/s1. The second kappa shape index (κ2) is 5.63. The second-order valence-electron chi connectivity index (χ2n) is 4.79. The number of allylic oxidation sites excluding steroid dienone is 2. The minimum atomic E-state index is -0.332. The van der Waals surface area contributed by atoms with Crippen molar-refractivity contribution in [1.29, 1.82) is 0 Å². The lowest BCUT2D eigenvalue weighted by molar-refractivity contribution is -0.114. The molecule has 0 spiro atoms. The zero-order valence-corrected chi connectivity index (χ0v) is 13.8. The summed E-state index contributed by atoms with van der Waals surface area (Å²) < 4.78 is 2.06. The zero-order valence-electron chi connectivity index (χ0n) is 10.6. The first-order valence-electron chi connectivity index (χ1n) is 6.03. The molecule has 2 N–H and O–H groups in total. The third kappa shape index (κ3) is 3.00. The number of carbonyl (C=O) groups is 1. The summed E-state index contributed by atoms with van der Waals surface area (Å²) in [6, 6.07) is 6.20. The third-order valence-electron chi connectivity index (χ3n) is 3.53. The Morgan fingerprint density at radius 3 is 2.63 bits per heavy atom. The molecule has 0 bridgehead atoms. The van der Waals surface area contributed by atoms with E-state index in [9.17, 15) is 4.79 Å². The molecule has 1 amide bonds. The highest BCUT2D eigenvalue weighted by atomic mass is 79.9. The van der Waals surface area contributed by atoms with Gasteiger partial charge in [0, 0.05) is 14.5 Å². The minimum absolute atomic E-state index is 0.226. The van der Waals surface area contributed by atoms with Gasteiger partial charge in [-0.1, -0.05) is 18.7 Å². The summed E-state index contributed by atoms with van der Waals surface area (Å²) in [5.41, 5.74) is 8.33. The van der Waals surface area contributed by atoms with Crippen LogP contribution in [0.15, 0.2) is 50.9 Å². The molecule has 1 saturated carbocycles. The van der Waals surface area contributed by atoms with Crippen LogP contribution >= 0.6 is 31.9 Å². The molecular weight excluding hydrogens is 370 g/mol. The van der Waals surface area contributed by atoms with Gasteiger partial charge in [0.05, 0.1) is 0 Å². The van der Waals surface area contributed by atoms with Crippen molar-refractivity contribution in [3.8, 4) is 0 Å². The molecule has 19 heavy (non-hydrogen) atoms. The Morgan fingerprint density at radius 1 is 1.42 bits per heavy atom. The average molecular weight is 385 g/mol. The van der Waals surface area contributed by atoms with E-state index in [4.69, 9.17) is 5.73 Å². The highest BCUT2D eigenvalue weighted by Crippen LogP contribution is 2.53. The molecule has 1 aliphatic carbocycles. The third-order valence-corrected chi connectivity index (χ3v) is 5.41. The van der Waals surface area contributed by atoms with Crippen LogP contribution in [0, 0.1) is 5.92 Å². The first kappa shape index (κ1) is 14.5. The van der Waals surface area contributed by atoms with Crippen molar-refractivity contribution in [2.45, 2.75) is 19.3 Å². The van der Waals surface area contributed by atoms with Gasteiger partial charge in [0.2, 0.25) is 5.91 Å². The lowest BCUT2D eigenvalue weighted by Gasteiger charge is -2.07. The Balaban J connectivity index is 2.26. The quantitative estimate of drug-likeness (QED) is 0.610. The van der Waals surface area contributed by atoms with Crippen LogP contribution in [0.4, 0.5) is 0 Å². The number of hydrogen-bond acceptors (Lipinski definition) is 1. The van der Waals surface area contributed by atoms with Gasteiger partial charge in [0.15, 0.2) is 0 Å². The first-order chi connectivity index (χ1) is 8.95. The van der Waals surface area contributed by atoms with Crippen molar-refractivity contribution >= 4 is 37.8 Å². The second-order valence-corrected chi connectivity index (χ2v) is 6.50. The van der Waals surface area contributed by atoms with Gasteiger partial charge in [-0.15, -0.1) is 0 Å². The van der Waals surface area contributed by atoms with Gasteiger partial charge in [-0.05, 0) is 80.3 Å². The number of hydrogen-bond donors (Lipinski definition) is 1. The van der Waals surface area contributed by atoms with Crippen LogP contribution < -0.4 is 5.73 Å². The molecule has 2 nitrogen and oxygen atoms in total. The van der Waals surface area contributed by atoms with E-state index in [-0.39, 0.29) is 11.8 Å². The number of benzene rings is 1. The summed E-state index contributed by atoms with van der Waals surface area (Å²) in [7, 11) is 0. The van der Waals surface area contributed by atoms with Crippen molar-refractivity contribution < 1.29 is 4.79 Å². The van der Waals surface area contributed by atoms with Gasteiger partial charge in [-0.25, -0.2) is 0 Å². The van der Waals surface area contributed by atoms with E-state index in [1.807, 2.05) is 13.0 Å². The zero-order chi connectivity index (χ0) is 14.2. The number of primary amides is 1. The maximum atomic E-state index is 11.6. The predicted molar refractivity (Wildman–Crippen MR) is 84.8 cm³/mol. The van der Waals surface area contributed by atoms with Crippen LogP contribution in [0.2, 0.25) is 0 Å². The molecule has 0 saturated heterocycles. The summed E-state index contributed by atoms with van der Waals surface area (Å²) in [5, 5.41) is 0. The summed E-state index contributed by atoms with van der Waals surface area (Å²) in [4.78, 5) is 11.6. The lowest BCUT2D eigenvalue weighted by atomic mass is 10.00. The number of amides is 1. The molecule has 1 aromatic carbocycles. The summed E-state index contributed by atoms with van der Waals surface area (Å²) in [6.07, 6.45) is 2.67. The van der Waals surface area contributed by atoms with Crippen molar-refractivity contribution in [2.75, 3.05) is 0 Å². The van der Waals surface area contributed by atoms with Crippen LogP contribution in [0.25, 0.3) is 0 Å². The van der Waals surface area contributed by atoms with E-state index in [0.717, 1.165) is 26.5 Å². The van der Waals surface area contributed by atoms with Crippen molar-refractivity contribution in [1.82, 2.24) is 0 Å². The van der Waals surface area contributed by atoms with E-state index in [0.29, 0.717) is 5.92 Å². The largest absolute Gasteiger partial charge is 0.366 e. The SMILES string of the molecule is C=CC(C)=C(C(N)=O)[C@@H]1C[C@H]1c1ccc(Br)c(Br)c1. The maximum Gasteiger partial charge on any atom is 0.245 e. The molecule has 1 fully saturated rings. The smallest absolute Gasteiger partial charge is 0.245 e. The van der Waals surface area contributed by atoms with Crippen LogP contribution in [-0.4, -0.2) is 5.91 Å². The van der Waals surface area contributed by atoms with Gasteiger partial charge in [0.1, 0.15) is 0 Å². The van der Waals surface area contributed by atoms with E-state index >= 15 is 0 Å². The molecule has 0 radical (unpaired) electrons. The number of rotatable bonds is 4. The van der Waals surface area contributed by atoms with Crippen LogP contribution in [0.5, 0.6) is 0 Å². The molecule has 1 aromatic rings. The van der Waals surface area contributed by atoms with Gasteiger partial charge in [-0.2, -0.15) is 0 Å². The molecule has 2 rings (SSSR count). The molecule has 100 valence electrons. The Labute approximate surface area is 130 Å². The van der Waals surface area contributed by atoms with Gasteiger partial charge in [-0.3, -0.25) is 4.79 Å². The predicted octanol–water partition coefficient (Wildman–Crippen LogP) is 4.30. The van der Waals surface area contributed by atoms with E-state index in [2.05, 4.69) is 50.6 Å². The Morgan fingerprint density at radius 2 is 2.11 bits per heavy atom. The van der Waals surface area contributed by atoms with E-state index in [1.54, 1.807) is 6.08 Å². The topological polar surface area (TPSA) is 43.1 Å². The molecule has 0 unspecified atom stereocenters. The molecular formula is C15H15Br2NO. The Bertz CT molecular complexity index is 578. The molecule has 1 aliphatic rings. The monoisotopic (exact) mass is 383 g/mol. The first-order valence-corrected chi connectivity index (χ1v) is 7.62. The highest BCUT2D eigenvalue weighted by Gasteiger charge is 2.43. The summed E-state index contributed by atoms with van der Waals surface area (Å²) in [6.45, 7) is 5.61. The van der Waals surface area contributed by atoms with E-state index < -0.39 is 0 Å². The normalized spacial score (nSPS) is 22.7. The number of halogens is 2. The molecule has 2 atom stereocenters. The fourth-order valence-corrected chi connectivity index (χ4v) is 3.05. The van der Waals surface area contributed by atoms with E-state index in [1.165, 1.54) is 5.56 Å². The summed E-state index contributed by atoms with van der Waals surface area (Å²) >= 11 is 6.96.